The van der Waals surface area contributed by atoms with Crippen molar-refractivity contribution >= 4 is 44.2 Å². The highest BCUT2D eigenvalue weighted by molar-refractivity contribution is 9.10. The third-order valence-electron chi connectivity index (χ3n) is 2.04. The van der Waals surface area contributed by atoms with Crippen LogP contribution in [0.15, 0.2) is 22.7 Å². The molecule has 3 nitrogen and oxygen atoms in total. The van der Waals surface area contributed by atoms with Crippen molar-refractivity contribution in [3.63, 3.8) is 0 Å². The fourth-order valence-electron chi connectivity index (χ4n) is 1.37. The number of nitrogens with one attached hydrogen (secondary N) is 1. The van der Waals surface area contributed by atoms with Crippen LogP contribution in [0.3, 0.4) is 0 Å². The minimum atomic E-state index is -0.935. The van der Waals surface area contributed by atoms with E-state index in [9.17, 15) is 9.00 Å². The Labute approximate surface area is 117 Å². The maximum absolute atomic E-state index is 11.9. The number of rotatable bonds is 4. The summed E-state index contributed by atoms with van der Waals surface area (Å²) in [4.78, 5) is 11.9. The lowest BCUT2D eigenvalue weighted by Crippen LogP contribution is -2.36. The monoisotopic (exact) mass is 337 g/mol. The van der Waals surface area contributed by atoms with E-state index in [0.29, 0.717) is 16.3 Å². The Morgan fingerprint density at radius 3 is 2.82 bits per heavy atom. The van der Waals surface area contributed by atoms with E-state index >= 15 is 0 Å². The topological polar surface area (TPSA) is 46.2 Å². The number of amides is 1. The van der Waals surface area contributed by atoms with E-state index < -0.39 is 10.8 Å². The summed E-state index contributed by atoms with van der Waals surface area (Å²) in [6, 6.07) is 4.93. The van der Waals surface area contributed by atoms with Crippen molar-refractivity contribution in [2.75, 3.05) is 12.0 Å². The summed E-state index contributed by atoms with van der Waals surface area (Å²) in [5, 5.41) is 3.16. The third-order valence-corrected chi connectivity index (χ3v) is 3.83. The molecule has 0 fully saturated rings. The van der Waals surface area contributed by atoms with Crippen LogP contribution >= 0.6 is 27.5 Å². The second kappa shape index (κ2) is 6.52. The smallest absolute Gasteiger partial charge is 0.253 e. The van der Waals surface area contributed by atoms with Gasteiger partial charge in [-0.05, 0) is 25.1 Å². The van der Waals surface area contributed by atoms with Gasteiger partial charge in [0.25, 0.3) is 5.91 Å². The average molecular weight is 339 g/mol. The summed E-state index contributed by atoms with van der Waals surface area (Å²) in [5.74, 6) is 0.173. The molecule has 6 heteroatoms. The molecule has 94 valence electrons. The molecule has 1 aromatic carbocycles. The Kier molecular flexibility index (Phi) is 5.62. The van der Waals surface area contributed by atoms with Crippen LogP contribution in [0.5, 0.6) is 0 Å². The van der Waals surface area contributed by atoms with Crippen molar-refractivity contribution in [1.82, 2.24) is 5.32 Å². The van der Waals surface area contributed by atoms with E-state index in [1.54, 1.807) is 24.5 Å². The zero-order chi connectivity index (χ0) is 13.0. The fourth-order valence-corrected chi connectivity index (χ4v) is 2.72. The molecule has 0 aromatic heterocycles. The summed E-state index contributed by atoms with van der Waals surface area (Å²) in [7, 11) is -0.935. The first-order valence-corrected chi connectivity index (χ1v) is 7.86. The van der Waals surface area contributed by atoms with E-state index in [1.165, 1.54) is 0 Å². The number of hydrogen-bond acceptors (Lipinski definition) is 2. The summed E-state index contributed by atoms with van der Waals surface area (Å²) >= 11 is 9.22. The van der Waals surface area contributed by atoms with Gasteiger partial charge in [0.15, 0.2) is 0 Å². The Morgan fingerprint density at radius 2 is 2.24 bits per heavy atom. The van der Waals surface area contributed by atoms with Crippen LogP contribution in [-0.4, -0.2) is 28.2 Å². The normalized spacial score (nSPS) is 14.1. The first-order valence-electron chi connectivity index (χ1n) is 4.96. The van der Waals surface area contributed by atoms with Gasteiger partial charge in [-0.1, -0.05) is 27.5 Å². The Hall–Kier alpha value is -0.390. The molecule has 1 aromatic rings. The summed E-state index contributed by atoms with van der Waals surface area (Å²) in [5.41, 5.74) is 0.412. The van der Waals surface area contributed by atoms with Crippen LogP contribution in [-0.2, 0) is 10.8 Å². The molecule has 2 unspecified atom stereocenters. The van der Waals surface area contributed by atoms with Crippen molar-refractivity contribution < 1.29 is 9.00 Å². The molecule has 0 radical (unpaired) electrons. The van der Waals surface area contributed by atoms with Crippen molar-refractivity contribution in [2.24, 2.45) is 0 Å². The SMILES string of the molecule is CC(CS(C)=O)NC(=O)c1cc(Br)ccc1Cl. The molecule has 0 bridgehead atoms. The lowest BCUT2D eigenvalue weighted by molar-refractivity contribution is 0.0944. The highest BCUT2D eigenvalue weighted by Gasteiger charge is 2.14. The minimum Gasteiger partial charge on any atom is -0.349 e. The summed E-state index contributed by atoms with van der Waals surface area (Å²) < 4.78 is 11.8. The molecule has 0 saturated carbocycles. The Bertz CT molecular complexity index is 453. The van der Waals surface area contributed by atoms with Crippen molar-refractivity contribution in [1.29, 1.82) is 0 Å². The molecule has 0 aliphatic rings. The molecule has 0 aliphatic carbocycles. The second-order valence-corrected chi connectivity index (χ2v) is 6.54. The van der Waals surface area contributed by atoms with Crippen LogP contribution in [0.2, 0.25) is 5.02 Å². The average Bonchev–Trinajstić information content (AvgIpc) is 2.20. The molecule has 0 heterocycles. The van der Waals surface area contributed by atoms with Crippen LogP contribution < -0.4 is 5.32 Å². The molecule has 2 atom stereocenters. The largest absolute Gasteiger partial charge is 0.349 e. The van der Waals surface area contributed by atoms with E-state index in [-0.39, 0.29) is 11.9 Å². The van der Waals surface area contributed by atoms with Gasteiger partial charge in [-0.15, -0.1) is 0 Å². The molecule has 1 amide bonds. The zero-order valence-electron chi connectivity index (χ0n) is 9.50. The highest BCUT2D eigenvalue weighted by Crippen LogP contribution is 2.20. The Balaban J connectivity index is 2.76. The van der Waals surface area contributed by atoms with Crippen LogP contribution in [0.1, 0.15) is 17.3 Å². The number of carbonyl (C=O) groups is 1. The number of carbonyl (C=O) groups excluding carboxylic acids is 1. The quantitative estimate of drug-likeness (QED) is 0.917. The maximum atomic E-state index is 11.9. The number of hydrogen-bond donors (Lipinski definition) is 1. The summed E-state index contributed by atoms with van der Waals surface area (Å²) in [6.07, 6.45) is 1.61. The van der Waals surface area contributed by atoms with Crippen molar-refractivity contribution in [3.8, 4) is 0 Å². The van der Waals surface area contributed by atoms with E-state index in [2.05, 4.69) is 21.2 Å². The van der Waals surface area contributed by atoms with Gasteiger partial charge in [-0.25, -0.2) is 0 Å². The first-order chi connectivity index (χ1) is 7.90. The van der Waals surface area contributed by atoms with Gasteiger partial charge < -0.3 is 5.32 Å². The zero-order valence-corrected chi connectivity index (χ0v) is 12.7. The Morgan fingerprint density at radius 1 is 1.59 bits per heavy atom. The second-order valence-electron chi connectivity index (χ2n) is 3.74. The van der Waals surface area contributed by atoms with E-state index in [0.717, 1.165) is 4.47 Å². The van der Waals surface area contributed by atoms with Crippen molar-refractivity contribution in [2.45, 2.75) is 13.0 Å². The lowest BCUT2D eigenvalue weighted by atomic mass is 10.2. The third kappa shape index (κ3) is 4.77. The predicted molar refractivity (Wildman–Crippen MR) is 75.0 cm³/mol. The highest BCUT2D eigenvalue weighted by atomic mass is 79.9. The standard InChI is InChI=1S/C11H13BrClNO2S/c1-7(6-17(2)16)14-11(15)9-5-8(12)3-4-10(9)13/h3-5,7H,6H2,1-2H3,(H,14,15). The molecular formula is C11H13BrClNO2S. The van der Waals surface area contributed by atoms with Gasteiger partial charge in [0, 0.05) is 33.3 Å². The van der Waals surface area contributed by atoms with E-state index in [1.807, 2.05) is 6.92 Å². The minimum absolute atomic E-state index is 0.150. The van der Waals surface area contributed by atoms with Crippen LogP contribution in [0.4, 0.5) is 0 Å². The molecule has 1 N–H and O–H groups in total. The van der Waals surface area contributed by atoms with Gasteiger partial charge in [0.2, 0.25) is 0 Å². The fraction of sp³-hybridized carbons (Fsp3) is 0.364. The molecule has 0 spiro atoms. The molecule has 0 aliphatic heterocycles. The van der Waals surface area contributed by atoms with E-state index in [4.69, 9.17) is 11.6 Å². The van der Waals surface area contributed by atoms with Crippen molar-refractivity contribution in [3.05, 3.63) is 33.3 Å². The van der Waals surface area contributed by atoms with Gasteiger partial charge >= 0.3 is 0 Å². The van der Waals surface area contributed by atoms with Crippen LogP contribution in [0, 0.1) is 0 Å². The van der Waals surface area contributed by atoms with Gasteiger partial charge in [0.05, 0.1) is 10.6 Å². The summed E-state index contributed by atoms with van der Waals surface area (Å²) in [6.45, 7) is 1.81. The molecule has 0 saturated heterocycles. The first kappa shape index (κ1) is 14.7. The molecular weight excluding hydrogens is 326 g/mol. The van der Waals surface area contributed by atoms with Gasteiger partial charge in [0.1, 0.15) is 0 Å². The number of halogens is 2. The van der Waals surface area contributed by atoms with Crippen LogP contribution in [0.25, 0.3) is 0 Å². The van der Waals surface area contributed by atoms with Gasteiger partial charge in [-0.2, -0.15) is 0 Å². The molecule has 1 rings (SSSR count). The number of benzene rings is 1. The van der Waals surface area contributed by atoms with Gasteiger partial charge in [-0.3, -0.25) is 9.00 Å². The predicted octanol–water partition coefficient (Wildman–Crippen LogP) is 2.60. The maximum Gasteiger partial charge on any atom is 0.253 e. The lowest BCUT2D eigenvalue weighted by Gasteiger charge is -2.13. The molecule has 17 heavy (non-hydrogen) atoms.